The summed E-state index contributed by atoms with van der Waals surface area (Å²) < 4.78 is 0. The van der Waals surface area contributed by atoms with Gasteiger partial charge in [0.2, 0.25) is 0 Å². The van der Waals surface area contributed by atoms with Crippen LogP contribution in [0.3, 0.4) is 0 Å². The molecular formula is C18H26N4O3. The highest BCUT2D eigenvalue weighted by atomic mass is 16.7. The Morgan fingerprint density at radius 1 is 1.16 bits per heavy atom. The van der Waals surface area contributed by atoms with Crippen molar-refractivity contribution in [3.63, 3.8) is 0 Å². The minimum Gasteiger partial charge on any atom is -0.398 e. The van der Waals surface area contributed by atoms with Gasteiger partial charge in [0, 0.05) is 43.6 Å². The maximum absolute atomic E-state index is 12.3. The number of nitrogen functional groups attached to an aromatic ring is 1. The number of rotatable bonds is 2. The lowest BCUT2D eigenvalue weighted by Crippen LogP contribution is -2.48. The maximum Gasteiger partial charge on any atom is 0.330 e. The van der Waals surface area contributed by atoms with Crippen LogP contribution >= 0.6 is 0 Å². The summed E-state index contributed by atoms with van der Waals surface area (Å²) in [6, 6.07) is 3.79. The number of benzene rings is 1. The summed E-state index contributed by atoms with van der Waals surface area (Å²) in [6.07, 6.45) is 0. The van der Waals surface area contributed by atoms with Gasteiger partial charge in [0.1, 0.15) is 0 Å². The van der Waals surface area contributed by atoms with E-state index >= 15 is 0 Å². The topological polar surface area (TPSA) is 79.1 Å². The highest BCUT2D eigenvalue weighted by Gasteiger charge is 2.32. The Hall–Kier alpha value is -2.28. The molecular weight excluding hydrogens is 320 g/mol. The lowest BCUT2D eigenvalue weighted by Gasteiger charge is -2.36. The lowest BCUT2D eigenvalue weighted by atomic mass is 9.98. The molecule has 0 aromatic heterocycles. The number of nitrogens with zero attached hydrogens (tertiary/aromatic N) is 3. The molecule has 2 N–H and O–H groups in total. The number of hydrogen-bond acceptors (Lipinski definition) is 6. The highest BCUT2D eigenvalue weighted by Crippen LogP contribution is 2.35. The van der Waals surface area contributed by atoms with E-state index in [1.165, 1.54) is 0 Å². The summed E-state index contributed by atoms with van der Waals surface area (Å²) in [7, 11) is 1.79. The maximum atomic E-state index is 12.3. The summed E-state index contributed by atoms with van der Waals surface area (Å²) in [5, 5.41) is 1.72. The zero-order valence-corrected chi connectivity index (χ0v) is 15.3. The van der Waals surface area contributed by atoms with Crippen LogP contribution < -0.4 is 10.6 Å². The zero-order chi connectivity index (χ0) is 18.4. The van der Waals surface area contributed by atoms with E-state index in [1.54, 1.807) is 23.1 Å². The third kappa shape index (κ3) is 3.28. The predicted octanol–water partition coefficient (Wildman–Crippen LogP) is 1.48. The number of nitrogens with two attached hydrogens (primary N) is 1. The average Bonchev–Trinajstić information content (AvgIpc) is 2.84. The first-order valence-corrected chi connectivity index (χ1v) is 8.57. The second-order valence-electron chi connectivity index (χ2n) is 7.73. The molecule has 2 aliphatic heterocycles. The minimum atomic E-state index is -0.514. The van der Waals surface area contributed by atoms with E-state index in [0.29, 0.717) is 30.9 Å². The molecule has 0 saturated carbocycles. The van der Waals surface area contributed by atoms with Crippen molar-refractivity contribution in [2.75, 3.05) is 43.9 Å². The third-order valence-corrected chi connectivity index (χ3v) is 4.68. The van der Waals surface area contributed by atoms with Crippen LogP contribution in [0.2, 0.25) is 0 Å². The number of carbonyl (C=O) groups excluding carboxylic acids is 2. The van der Waals surface area contributed by atoms with E-state index in [1.807, 2.05) is 26.8 Å². The van der Waals surface area contributed by atoms with Crippen LogP contribution in [0.4, 0.5) is 11.4 Å². The Bertz CT molecular complexity index is 703. The molecule has 1 aromatic carbocycles. The van der Waals surface area contributed by atoms with Crippen molar-refractivity contribution in [2.45, 2.75) is 27.3 Å². The first-order valence-electron chi connectivity index (χ1n) is 8.57. The molecule has 0 aliphatic carbocycles. The molecule has 136 valence electrons. The van der Waals surface area contributed by atoms with Gasteiger partial charge >= 0.3 is 5.97 Å². The smallest absolute Gasteiger partial charge is 0.330 e. The monoisotopic (exact) mass is 346 g/mol. The number of amides is 1. The summed E-state index contributed by atoms with van der Waals surface area (Å²) in [5.74, 6) is -0.242. The molecule has 7 nitrogen and oxygen atoms in total. The van der Waals surface area contributed by atoms with Gasteiger partial charge in [0.25, 0.3) is 5.91 Å². The molecule has 0 unspecified atom stereocenters. The summed E-state index contributed by atoms with van der Waals surface area (Å²) >= 11 is 0. The molecule has 1 aromatic rings. The van der Waals surface area contributed by atoms with E-state index in [2.05, 4.69) is 4.90 Å². The van der Waals surface area contributed by atoms with Crippen molar-refractivity contribution in [1.29, 1.82) is 0 Å². The molecule has 0 bridgehead atoms. The Kier molecular flexibility index (Phi) is 4.36. The molecule has 25 heavy (non-hydrogen) atoms. The number of carbonyl (C=O) groups is 2. The van der Waals surface area contributed by atoms with Gasteiger partial charge in [-0.25, -0.2) is 4.79 Å². The minimum absolute atomic E-state index is 0.0212. The number of hydroxylamine groups is 2. The molecule has 1 fully saturated rings. The molecule has 7 heteroatoms. The number of hydrogen-bond donors (Lipinski definition) is 1. The first-order chi connectivity index (χ1) is 11.7. The van der Waals surface area contributed by atoms with E-state index < -0.39 is 5.41 Å². The fourth-order valence-electron chi connectivity index (χ4n) is 3.14. The Balaban J connectivity index is 1.71. The Labute approximate surface area is 148 Å². The van der Waals surface area contributed by atoms with Crippen LogP contribution in [-0.4, -0.2) is 55.1 Å². The van der Waals surface area contributed by atoms with Gasteiger partial charge in [-0.05, 0) is 32.9 Å². The number of piperazine rings is 1. The average molecular weight is 346 g/mol. The van der Waals surface area contributed by atoms with Crippen LogP contribution in [0.1, 0.15) is 36.7 Å². The molecule has 1 amide bonds. The zero-order valence-electron chi connectivity index (χ0n) is 15.3. The molecule has 2 aliphatic rings. The summed E-state index contributed by atoms with van der Waals surface area (Å²) in [5.41, 5.74) is 8.69. The van der Waals surface area contributed by atoms with E-state index in [4.69, 9.17) is 10.6 Å². The van der Waals surface area contributed by atoms with Gasteiger partial charge in [-0.1, -0.05) is 0 Å². The first kappa shape index (κ1) is 17.5. The normalized spacial score (nSPS) is 18.5. The Morgan fingerprint density at radius 2 is 1.80 bits per heavy atom. The standard InChI is InChI=1S/C18H26N4O3/c1-18(2,3)17(24)25-22-9-7-21(8-10-22)14-6-5-13(19)15-12(14)11-20(4)16(15)23/h5-6H,7-11,19H2,1-4H3. The van der Waals surface area contributed by atoms with Crippen LogP contribution in [0.15, 0.2) is 12.1 Å². The molecule has 0 atom stereocenters. The number of fused-ring (bicyclic) bond motifs is 1. The van der Waals surface area contributed by atoms with Gasteiger partial charge in [-0.3, -0.25) is 4.79 Å². The van der Waals surface area contributed by atoms with Gasteiger partial charge in [-0.15, -0.1) is 5.06 Å². The van der Waals surface area contributed by atoms with Crippen LogP contribution in [0.5, 0.6) is 0 Å². The van der Waals surface area contributed by atoms with Gasteiger partial charge in [-0.2, -0.15) is 0 Å². The molecule has 2 heterocycles. The predicted molar refractivity (Wildman–Crippen MR) is 96.0 cm³/mol. The second-order valence-corrected chi connectivity index (χ2v) is 7.73. The van der Waals surface area contributed by atoms with Crippen LogP contribution in [0, 0.1) is 5.41 Å². The van der Waals surface area contributed by atoms with Crippen LogP contribution in [-0.2, 0) is 16.2 Å². The fourth-order valence-corrected chi connectivity index (χ4v) is 3.14. The largest absolute Gasteiger partial charge is 0.398 e. The van der Waals surface area contributed by atoms with E-state index in [-0.39, 0.29) is 11.9 Å². The fraction of sp³-hybridized carbons (Fsp3) is 0.556. The van der Waals surface area contributed by atoms with Crippen molar-refractivity contribution in [2.24, 2.45) is 5.41 Å². The highest BCUT2D eigenvalue weighted by molar-refractivity contribution is 6.04. The van der Waals surface area contributed by atoms with Crippen molar-refractivity contribution in [3.05, 3.63) is 23.3 Å². The second kappa shape index (κ2) is 6.22. The molecule has 3 rings (SSSR count). The van der Waals surface area contributed by atoms with Crippen LogP contribution in [0.25, 0.3) is 0 Å². The molecule has 1 saturated heterocycles. The van der Waals surface area contributed by atoms with Crippen molar-refractivity contribution in [1.82, 2.24) is 9.96 Å². The number of anilines is 2. The Morgan fingerprint density at radius 3 is 2.40 bits per heavy atom. The van der Waals surface area contributed by atoms with Gasteiger partial charge < -0.3 is 20.4 Å². The summed E-state index contributed by atoms with van der Waals surface area (Å²) in [6.45, 7) is 8.82. The molecule has 0 spiro atoms. The SMILES string of the molecule is CN1Cc2c(N3CCN(OC(=O)C(C)(C)C)CC3)ccc(N)c2C1=O. The lowest BCUT2D eigenvalue weighted by molar-refractivity contribution is -0.201. The third-order valence-electron chi connectivity index (χ3n) is 4.68. The van der Waals surface area contributed by atoms with Gasteiger partial charge in [0.05, 0.1) is 24.1 Å². The van der Waals surface area contributed by atoms with Crippen molar-refractivity contribution < 1.29 is 14.4 Å². The summed E-state index contributed by atoms with van der Waals surface area (Å²) in [4.78, 5) is 33.7. The van der Waals surface area contributed by atoms with Crippen molar-refractivity contribution in [3.8, 4) is 0 Å². The quantitative estimate of drug-likeness (QED) is 0.817. The van der Waals surface area contributed by atoms with Crippen molar-refractivity contribution >= 4 is 23.3 Å². The van der Waals surface area contributed by atoms with E-state index in [0.717, 1.165) is 24.3 Å². The van der Waals surface area contributed by atoms with Gasteiger partial charge in [0.15, 0.2) is 0 Å². The van der Waals surface area contributed by atoms with E-state index in [9.17, 15) is 9.59 Å². The molecule has 0 radical (unpaired) electrons.